The van der Waals surface area contributed by atoms with Crippen LogP contribution in [-0.4, -0.2) is 27.5 Å². The molecule has 10 heteroatoms. The molecule has 0 atom stereocenters. The Morgan fingerprint density at radius 3 is 2.90 bits per heavy atom. The number of nitrogen functional groups attached to an aromatic ring is 1. The van der Waals surface area contributed by atoms with E-state index in [9.17, 15) is 4.79 Å². The Labute approximate surface area is 138 Å². The van der Waals surface area contributed by atoms with E-state index in [0.29, 0.717) is 26.8 Å². The SMILES string of the molecule is NNC(=O)c1cn(CCOc2cc(Cl)c(Br)cc2Cl)nn1. The molecule has 7 nitrogen and oxygen atoms in total. The number of aromatic nitrogens is 3. The Hall–Kier alpha value is -1.35. The lowest BCUT2D eigenvalue weighted by Crippen LogP contribution is -2.30. The lowest BCUT2D eigenvalue weighted by atomic mass is 10.3. The van der Waals surface area contributed by atoms with Crippen molar-refractivity contribution < 1.29 is 9.53 Å². The van der Waals surface area contributed by atoms with Crippen molar-refractivity contribution in [3.63, 3.8) is 0 Å². The fraction of sp³-hybridized carbons (Fsp3) is 0.182. The number of nitrogens with one attached hydrogen (secondary N) is 1. The highest BCUT2D eigenvalue weighted by molar-refractivity contribution is 9.10. The van der Waals surface area contributed by atoms with Crippen molar-refractivity contribution in [2.75, 3.05) is 6.61 Å². The second-order valence-electron chi connectivity index (χ2n) is 3.89. The van der Waals surface area contributed by atoms with Crippen LogP contribution in [0.3, 0.4) is 0 Å². The fourth-order valence-corrected chi connectivity index (χ4v) is 2.30. The normalized spacial score (nSPS) is 10.5. The first-order valence-electron chi connectivity index (χ1n) is 5.69. The van der Waals surface area contributed by atoms with E-state index in [1.807, 2.05) is 5.43 Å². The smallest absolute Gasteiger partial charge is 0.287 e. The van der Waals surface area contributed by atoms with Gasteiger partial charge in [-0.15, -0.1) is 5.10 Å². The molecule has 0 aliphatic rings. The van der Waals surface area contributed by atoms with Crippen molar-refractivity contribution in [1.29, 1.82) is 0 Å². The first-order valence-corrected chi connectivity index (χ1v) is 7.24. The van der Waals surface area contributed by atoms with Gasteiger partial charge in [0, 0.05) is 10.5 Å². The van der Waals surface area contributed by atoms with Gasteiger partial charge >= 0.3 is 0 Å². The Morgan fingerprint density at radius 2 is 2.19 bits per heavy atom. The number of halogens is 3. The Bertz CT molecular complexity index is 664. The second kappa shape index (κ2) is 7.08. The van der Waals surface area contributed by atoms with Crippen LogP contribution in [0.2, 0.25) is 10.0 Å². The minimum absolute atomic E-state index is 0.127. The van der Waals surface area contributed by atoms with Gasteiger partial charge in [0.15, 0.2) is 5.69 Å². The maximum atomic E-state index is 11.2. The van der Waals surface area contributed by atoms with Crippen molar-refractivity contribution in [2.45, 2.75) is 6.54 Å². The number of amides is 1. The third-order valence-corrected chi connectivity index (χ3v) is 3.95. The summed E-state index contributed by atoms with van der Waals surface area (Å²) in [5.41, 5.74) is 2.10. The third kappa shape index (κ3) is 4.07. The highest BCUT2D eigenvalue weighted by Gasteiger charge is 2.10. The number of rotatable bonds is 5. The zero-order valence-electron chi connectivity index (χ0n) is 10.5. The molecule has 2 aromatic rings. The highest BCUT2D eigenvalue weighted by atomic mass is 79.9. The van der Waals surface area contributed by atoms with E-state index in [1.165, 1.54) is 10.9 Å². The van der Waals surface area contributed by atoms with Gasteiger partial charge in [0.25, 0.3) is 5.91 Å². The standard InChI is InChI=1S/C11H10BrCl2N5O2/c12-6-3-8(14)10(4-7(6)13)21-2-1-19-5-9(17-18-19)11(20)16-15/h3-5H,1-2,15H2,(H,16,20). The summed E-state index contributed by atoms with van der Waals surface area (Å²) >= 11 is 15.3. The largest absolute Gasteiger partial charge is 0.490 e. The summed E-state index contributed by atoms with van der Waals surface area (Å²) in [4.78, 5) is 11.2. The van der Waals surface area contributed by atoms with Gasteiger partial charge in [-0.3, -0.25) is 10.2 Å². The molecule has 0 bridgehead atoms. The summed E-state index contributed by atoms with van der Waals surface area (Å²) in [7, 11) is 0. The molecule has 0 aliphatic heterocycles. The molecule has 1 amide bonds. The molecule has 0 fully saturated rings. The third-order valence-electron chi connectivity index (χ3n) is 2.46. The molecular formula is C11H10BrCl2N5O2. The number of nitrogens with zero attached hydrogens (tertiary/aromatic N) is 3. The van der Waals surface area contributed by atoms with E-state index in [4.69, 9.17) is 33.8 Å². The first kappa shape index (κ1) is 16.0. The molecule has 0 unspecified atom stereocenters. The first-order chi connectivity index (χ1) is 10.0. The van der Waals surface area contributed by atoms with E-state index in [0.717, 1.165) is 0 Å². The van der Waals surface area contributed by atoms with Gasteiger partial charge in [-0.2, -0.15) is 0 Å². The molecule has 1 aromatic heterocycles. The number of carbonyl (C=O) groups is 1. The maximum absolute atomic E-state index is 11.2. The predicted molar refractivity (Wildman–Crippen MR) is 81.3 cm³/mol. The zero-order chi connectivity index (χ0) is 15.4. The number of nitrogens with two attached hydrogens (primary N) is 1. The average Bonchev–Trinajstić information content (AvgIpc) is 2.92. The maximum Gasteiger partial charge on any atom is 0.287 e. The van der Waals surface area contributed by atoms with Gasteiger partial charge in [0.1, 0.15) is 12.4 Å². The summed E-state index contributed by atoms with van der Waals surface area (Å²) in [6.45, 7) is 0.666. The molecule has 0 saturated heterocycles. The minimum Gasteiger partial charge on any atom is -0.490 e. The zero-order valence-corrected chi connectivity index (χ0v) is 13.6. The molecule has 2 rings (SSSR count). The van der Waals surface area contributed by atoms with Gasteiger partial charge in [-0.1, -0.05) is 28.4 Å². The number of hydrogen-bond donors (Lipinski definition) is 2. The van der Waals surface area contributed by atoms with Crippen LogP contribution >= 0.6 is 39.1 Å². The van der Waals surface area contributed by atoms with Crippen LogP contribution in [0.4, 0.5) is 0 Å². The van der Waals surface area contributed by atoms with Gasteiger partial charge < -0.3 is 4.74 Å². The molecule has 1 heterocycles. The molecule has 0 saturated carbocycles. The second-order valence-corrected chi connectivity index (χ2v) is 5.55. The quantitative estimate of drug-likeness (QED) is 0.350. The molecule has 0 spiro atoms. The summed E-state index contributed by atoms with van der Waals surface area (Å²) in [6, 6.07) is 3.26. The fourth-order valence-electron chi connectivity index (χ4n) is 1.45. The summed E-state index contributed by atoms with van der Waals surface area (Å²) in [6.07, 6.45) is 1.46. The van der Waals surface area contributed by atoms with Crippen LogP contribution in [-0.2, 0) is 6.54 Å². The van der Waals surface area contributed by atoms with Crippen molar-refractivity contribution in [3.8, 4) is 5.75 Å². The predicted octanol–water partition coefficient (Wildman–Crippen LogP) is 2.03. The lowest BCUT2D eigenvalue weighted by Gasteiger charge is -2.09. The topological polar surface area (TPSA) is 95.1 Å². The van der Waals surface area contributed by atoms with Crippen molar-refractivity contribution >= 4 is 45.0 Å². The van der Waals surface area contributed by atoms with E-state index < -0.39 is 5.91 Å². The number of hydrazine groups is 1. The van der Waals surface area contributed by atoms with E-state index in [1.54, 1.807) is 12.1 Å². The molecule has 0 radical (unpaired) electrons. The van der Waals surface area contributed by atoms with Crippen LogP contribution in [0, 0.1) is 0 Å². The minimum atomic E-state index is -0.509. The monoisotopic (exact) mass is 393 g/mol. The number of ether oxygens (including phenoxy) is 1. The lowest BCUT2D eigenvalue weighted by molar-refractivity contribution is 0.0948. The Morgan fingerprint density at radius 1 is 1.43 bits per heavy atom. The summed E-state index contributed by atoms with van der Waals surface area (Å²) in [5.74, 6) is 4.95. The van der Waals surface area contributed by atoms with E-state index >= 15 is 0 Å². The van der Waals surface area contributed by atoms with Crippen LogP contribution < -0.4 is 16.0 Å². The molecule has 3 N–H and O–H groups in total. The van der Waals surface area contributed by atoms with Gasteiger partial charge in [0.2, 0.25) is 0 Å². The van der Waals surface area contributed by atoms with Crippen LogP contribution in [0.15, 0.2) is 22.8 Å². The van der Waals surface area contributed by atoms with Gasteiger partial charge in [0.05, 0.1) is 22.8 Å². The van der Waals surface area contributed by atoms with Gasteiger partial charge in [-0.25, -0.2) is 10.5 Å². The van der Waals surface area contributed by atoms with E-state index in [-0.39, 0.29) is 12.3 Å². The molecule has 112 valence electrons. The summed E-state index contributed by atoms with van der Waals surface area (Å²) < 4.78 is 7.67. The van der Waals surface area contributed by atoms with Crippen LogP contribution in [0.25, 0.3) is 0 Å². The number of carbonyl (C=O) groups excluding carboxylic acids is 1. The number of hydrogen-bond acceptors (Lipinski definition) is 5. The Kier molecular flexibility index (Phi) is 5.40. The Balaban J connectivity index is 1.94. The molecule has 0 aliphatic carbocycles. The van der Waals surface area contributed by atoms with Gasteiger partial charge in [-0.05, 0) is 22.0 Å². The van der Waals surface area contributed by atoms with Crippen LogP contribution in [0.5, 0.6) is 5.75 Å². The summed E-state index contributed by atoms with van der Waals surface area (Å²) in [5, 5.41) is 8.38. The van der Waals surface area contributed by atoms with Crippen molar-refractivity contribution in [2.24, 2.45) is 5.84 Å². The molecule has 1 aromatic carbocycles. The average molecular weight is 395 g/mol. The molecular weight excluding hydrogens is 385 g/mol. The van der Waals surface area contributed by atoms with E-state index in [2.05, 4.69) is 26.2 Å². The highest BCUT2D eigenvalue weighted by Crippen LogP contribution is 2.33. The number of benzene rings is 1. The van der Waals surface area contributed by atoms with Crippen molar-refractivity contribution in [1.82, 2.24) is 20.4 Å². The molecule has 21 heavy (non-hydrogen) atoms. The van der Waals surface area contributed by atoms with Crippen LogP contribution in [0.1, 0.15) is 10.5 Å². The van der Waals surface area contributed by atoms with Crippen molar-refractivity contribution in [3.05, 3.63) is 38.5 Å².